The van der Waals surface area contributed by atoms with Crippen molar-refractivity contribution in [1.29, 1.82) is 0 Å². The Morgan fingerprint density at radius 2 is 1.94 bits per heavy atom. The van der Waals surface area contributed by atoms with Gasteiger partial charge in [0.25, 0.3) is 0 Å². The summed E-state index contributed by atoms with van der Waals surface area (Å²) in [6.07, 6.45) is -2.05. The molecule has 5 nitrogen and oxygen atoms in total. The molecule has 0 aliphatic heterocycles. The predicted octanol–water partition coefficient (Wildman–Crippen LogP) is 0.995. The molecule has 88 valence electrons. The van der Waals surface area contributed by atoms with Crippen LogP contribution in [0.15, 0.2) is 24.3 Å². The van der Waals surface area contributed by atoms with E-state index in [2.05, 4.69) is 0 Å². The molecule has 1 aromatic rings. The summed E-state index contributed by atoms with van der Waals surface area (Å²) < 4.78 is 5.31. The maximum Gasteiger partial charge on any atom is 0.306 e. The van der Waals surface area contributed by atoms with Crippen molar-refractivity contribution in [2.45, 2.75) is 25.6 Å². The topological polar surface area (TPSA) is 87.0 Å². The lowest BCUT2D eigenvalue weighted by Gasteiger charge is -2.19. The summed E-state index contributed by atoms with van der Waals surface area (Å²) >= 11 is 0. The molecule has 0 amide bonds. The molecule has 0 bridgehead atoms. The van der Waals surface area contributed by atoms with Crippen LogP contribution in [0.3, 0.4) is 0 Å². The Morgan fingerprint density at radius 3 is 2.44 bits per heavy atom. The van der Waals surface area contributed by atoms with Gasteiger partial charge < -0.3 is 20.1 Å². The van der Waals surface area contributed by atoms with Crippen LogP contribution in [0.1, 0.15) is 13.3 Å². The number of aliphatic carboxylic acids is 1. The Balaban J connectivity index is 2.53. The Morgan fingerprint density at radius 1 is 1.38 bits per heavy atom. The van der Waals surface area contributed by atoms with Crippen molar-refractivity contribution >= 4 is 5.97 Å². The normalized spacial score (nSPS) is 14.1. The minimum Gasteiger partial charge on any atom is -0.508 e. The van der Waals surface area contributed by atoms with Gasteiger partial charge in [-0.05, 0) is 31.2 Å². The number of carbonyl (C=O) groups is 1. The van der Waals surface area contributed by atoms with Crippen LogP contribution >= 0.6 is 0 Å². The largest absolute Gasteiger partial charge is 0.508 e. The number of hydrogen-bond acceptors (Lipinski definition) is 4. The molecule has 5 heteroatoms. The quantitative estimate of drug-likeness (QED) is 0.697. The molecule has 0 fully saturated rings. The number of carboxylic acid groups (broad SMARTS) is 1. The second-order valence-electron chi connectivity index (χ2n) is 3.48. The van der Waals surface area contributed by atoms with Crippen molar-refractivity contribution in [3.05, 3.63) is 24.3 Å². The van der Waals surface area contributed by atoms with E-state index in [9.17, 15) is 9.90 Å². The monoisotopic (exact) mass is 226 g/mol. The number of aliphatic hydroxyl groups excluding tert-OH is 1. The Bertz CT molecular complexity index is 346. The second kappa shape index (κ2) is 5.37. The fourth-order valence-corrected chi connectivity index (χ4v) is 1.16. The van der Waals surface area contributed by atoms with Crippen molar-refractivity contribution in [3.8, 4) is 11.5 Å². The number of benzene rings is 1. The number of aliphatic hydroxyl groups is 1. The molecule has 0 heterocycles. The lowest BCUT2D eigenvalue weighted by molar-refractivity contribution is -0.140. The van der Waals surface area contributed by atoms with Gasteiger partial charge in [0.2, 0.25) is 0 Å². The average molecular weight is 226 g/mol. The highest BCUT2D eigenvalue weighted by Crippen LogP contribution is 2.18. The highest BCUT2D eigenvalue weighted by molar-refractivity contribution is 5.67. The van der Waals surface area contributed by atoms with E-state index in [0.29, 0.717) is 5.75 Å². The van der Waals surface area contributed by atoms with E-state index in [-0.39, 0.29) is 12.2 Å². The third kappa shape index (κ3) is 3.78. The molecule has 2 unspecified atom stereocenters. The highest BCUT2D eigenvalue weighted by Gasteiger charge is 2.18. The van der Waals surface area contributed by atoms with Crippen molar-refractivity contribution in [2.75, 3.05) is 0 Å². The molecule has 0 aliphatic rings. The zero-order valence-corrected chi connectivity index (χ0v) is 8.83. The Hall–Kier alpha value is -1.75. The van der Waals surface area contributed by atoms with Gasteiger partial charge in [-0.1, -0.05) is 0 Å². The molecule has 1 rings (SSSR count). The zero-order chi connectivity index (χ0) is 12.1. The first-order valence-electron chi connectivity index (χ1n) is 4.84. The molecule has 0 aromatic heterocycles. The maximum absolute atomic E-state index is 10.4. The van der Waals surface area contributed by atoms with Crippen molar-refractivity contribution < 1.29 is 24.9 Å². The standard InChI is InChI=1S/C11H14O5/c1-7(10(13)6-11(14)15)16-9-4-2-8(12)3-5-9/h2-5,7,10,12-13H,6H2,1H3,(H,14,15). The van der Waals surface area contributed by atoms with Crippen LogP contribution in [0.2, 0.25) is 0 Å². The van der Waals surface area contributed by atoms with Gasteiger partial charge in [0.15, 0.2) is 0 Å². The Kier molecular flexibility index (Phi) is 4.13. The molecule has 0 saturated heterocycles. The van der Waals surface area contributed by atoms with Gasteiger partial charge >= 0.3 is 5.97 Å². The van der Waals surface area contributed by atoms with Gasteiger partial charge in [-0.2, -0.15) is 0 Å². The molecule has 0 saturated carbocycles. The van der Waals surface area contributed by atoms with Gasteiger partial charge in [0.05, 0.1) is 6.42 Å². The number of ether oxygens (including phenoxy) is 1. The highest BCUT2D eigenvalue weighted by atomic mass is 16.5. The van der Waals surface area contributed by atoms with E-state index in [4.69, 9.17) is 14.9 Å². The number of phenolic OH excluding ortho intramolecular Hbond substituents is 1. The van der Waals surface area contributed by atoms with Gasteiger partial charge in [-0.3, -0.25) is 4.79 Å². The molecule has 1 aromatic carbocycles. The fraction of sp³-hybridized carbons (Fsp3) is 0.364. The Labute approximate surface area is 92.9 Å². The summed E-state index contributed by atoms with van der Waals surface area (Å²) in [5, 5.41) is 27.0. The van der Waals surface area contributed by atoms with Crippen LogP contribution in [0, 0.1) is 0 Å². The third-order valence-electron chi connectivity index (χ3n) is 2.08. The van der Waals surface area contributed by atoms with Crippen molar-refractivity contribution in [1.82, 2.24) is 0 Å². The summed E-state index contributed by atoms with van der Waals surface area (Å²) in [4.78, 5) is 10.4. The number of aromatic hydroxyl groups is 1. The first-order valence-corrected chi connectivity index (χ1v) is 4.84. The first-order chi connectivity index (χ1) is 7.49. The second-order valence-corrected chi connectivity index (χ2v) is 3.48. The zero-order valence-electron chi connectivity index (χ0n) is 8.83. The van der Waals surface area contributed by atoms with E-state index in [1.807, 2.05) is 0 Å². The SMILES string of the molecule is CC(Oc1ccc(O)cc1)C(O)CC(=O)O. The number of hydrogen-bond donors (Lipinski definition) is 3. The first kappa shape index (κ1) is 12.3. The molecular formula is C11H14O5. The predicted molar refractivity (Wildman–Crippen MR) is 56.5 cm³/mol. The molecule has 0 radical (unpaired) electrons. The van der Waals surface area contributed by atoms with Gasteiger partial charge in [-0.15, -0.1) is 0 Å². The molecule has 16 heavy (non-hydrogen) atoms. The van der Waals surface area contributed by atoms with Crippen LogP contribution in [0.4, 0.5) is 0 Å². The minimum atomic E-state index is -1.08. The van der Waals surface area contributed by atoms with Crippen LogP contribution in [-0.4, -0.2) is 33.5 Å². The fourth-order valence-electron chi connectivity index (χ4n) is 1.16. The molecule has 0 aliphatic carbocycles. The van der Waals surface area contributed by atoms with Crippen LogP contribution < -0.4 is 4.74 Å². The lowest BCUT2D eigenvalue weighted by Crippen LogP contribution is -2.30. The van der Waals surface area contributed by atoms with Crippen molar-refractivity contribution in [2.24, 2.45) is 0 Å². The van der Waals surface area contributed by atoms with Crippen LogP contribution in [0.5, 0.6) is 11.5 Å². The summed E-state index contributed by atoms with van der Waals surface area (Å²) in [5.74, 6) is -0.491. The minimum absolute atomic E-state index is 0.117. The number of phenols is 1. The van der Waals surface area contributed by atoms with Crippen molar-refractivity contribution in [3.63, 3.8) is 0 Å². The van der Waals surface area contributed by atoms with Gasteiger partial charge in [-0.25, -0.2) is 0 Å². The van der Waals surface area contributed by atoms with Crippen LogP contribution in [-0.2, 0) is 4.79 Å². The third-order valence-corrected chi connectivity index (χ3v) is 2.08. The molecular weight excluding hydrogens is 212 g/mol. The smallest absolute Gasteiger partial charge is 0.306 e. The molecule has 0 spiro atoms. The maximum atomic E-state index is 10.4. The average Bonchev–Trinajstić information content (AvgIpc) is 2.20. The summed E-state index contributed by atoms with van der Waals surface area (Å²) in [6, 6.07) is 5.98. The number of rotatable bonds is 5. The summed E-state index contributed by atoms with van der Waals surface area (Å²) in [5.41, 5.74) is 0. The lowest BCUT2D eigenvalue weighted by atomic mass is 10.1. The van der Waals surface area contributed by atoms with Gasteiger partial charge in [0.1, 0.15) is 23.7 Å². The van der Waals surface area contributed by atoms with E-state index in [1.54, 1.807) is 19.1 Å². The van der Waals surface area contributed by atoms with E-state index in [1.165, 1.54) is 12.1 Å². The number of carboxylic acids is 1. The van der Waals surface area contributed by atoms with E-state index >= 15 is 0 Å². The van der Waals surface area contributed by atoms with E-state index in [0.717, 1.165) is 0 Å². The van der Waals surface area contributed by atoms with E-state index < -0.39 is 18.2 Å². The molecule has 3 N–H and O–H groups in total. The van der Waals surface area contributed by atoms with Gasteiger partial charge in [0, 0.05) is 0 Å². The van der Waals surface area contributed by atoms with Crippen LogP contribution in [0.25, 0.3) is 0 Å². The molecule has 2 atom stereocenters. The summed E-state index contributed by atoms with van der Waals surface area (Å²) in [7, 11) is 0. The summed E-state index contributed by atoms with van der Waals surface area (Å²) in [6.45, 7) is 1.58.